The molecule has 0 radical (unpaired) electrons. The van der Waals surface area contributed by atoms with Crippen molar-refractivity contribution in [3.05, 3.63) is 18.2 Å². The minimum absolute atomic E-state index is 0.344. The minimum Gasteiger partial charge on any atom is -0.507 e. The highest BCUT2D eigenvalue weighted by atomic mass is 32.2. The Labute approximate surface area is 70.6 Å². The number of rotatable bonds is 2. The number of hydrogen-bond acceptors (Lipinski definition) is 3. The van der Waals surface area contributed by atoms with Gasteiger partial charge in [-0.3, -0.25) is 0 Å². The molecule has 0 atom stereocenters. The maximum atomic E-state index is 9.28. The van der Waals surface area contributed by atoms with Crippen LogP contribution in [0.15, 0.2) is 23.1 Å². The molecular formula is C8H11NOS. The quantitative estimate of drug-likeness (QED) is 0.525. The first-order valence-electron chi connectivity index (χ1n) is 3.32. The highest BCUT2D eigenvalue weighted by Crippen LogP contribution is 2.28. The molecule has 0 fully saturated rings. The van der Waals surface area contributed by atoms with E-state index in [0.717, 1.165) is 10.6 Å². The summed E-state index contributed by atoms with van der Waals surface area (Å²) in [6.07, 6.45) is 1.94. The van der Waals surface area contributed by atoms with E-state index in [4.69, 9.17) is 0 Å². The Bertz CT molecular complexity index is 250. The summed E-state index contributed by atoms with van der Waals surface area (Å²) in [6, 6.07) is 5.45. The fraction of sp³-hybridized carbons (Fsp3) is 0.250. The molecule has 0 aliphatic rings. The summed E-state index contributed by atoms with van der Waals surface area (Å²) < 4.78 is 0. The molecule has 1 rings (SSSR count). The summed E-state index contributed by atoms with van der Waals surface area (Å²) in [5.74, 6) is 0.344. The molecule has 2 nitrogen and oxygen atoms in total. The van der Waals surface area contributed by atoms with E-state index in [1.165, 1.54) is 11.8 Å². The van der Waals surface area contributed by atoms with E-state index in [9.17, 15) is 5.11 Å². The van der Waals surface area contributed by atoms with Gasteiger partial charge in [0.1, 0.15) is 5.75 Å². The van der Waals surface area contributed by atoms with Gasteiger partial charge in [0.05, 0.1) is 4.90 Å². The average molecular weight is 169 g/mol. The number of phenols is 1. The van der Waals surface area contributed by atoms with E-state index >= 15 is 0 Å². The van der Waals surface area contributed by atoms with Crippen LogP contribution in [-0.4, -0.2) is 18.4 Å². The Hall–Kier alpha value is -0.830. The molecule has 1 aromatic rings. The van der Waals surface area contributed by atoms with Gasteiger partial charge in [0.25, 0.3) is 0 Å². The van der Waals surface area contributed by atoms with Crippen LogP contribution in [0.3, 0.4) is 0 Å². The molecule has 0 spiro atoms. The number of phenolic OH excluding ortho intramolecular Hbond substituents is 1. The predicted octanol–water partition coefficient (Wildman–Crippen LogP) is 2.16. The largest absolute Gasteiger partial charge is 0.507 e. The van der Waals surface area contributed by atoms with Crippen molar-refractivity contribution in [1.29, 1.82) is 0 Å². The first-order chi connectivity index (χ1) is 5.27. The zero-order valence-electron chi connectivity index (χ0n) is 6.59. The first-order valence-corrected chi connectivity index (χ1v) is 4.55. The molecule has 0 aromatic heterocycles. The van der Waals surface area contributed by atoms with Crippen molar-refractivity contribution in [2.24, 2.45) is 0 Å². The maximum absolute atomic E-state index is 9.28. The predicted molar refractivity (Wildman–Crippen MR) is 49.4 cm³/mol. The molecular weight excluding hydrogens is 158 g/mol. The molecule has 11 heavy (non-hydrogen) atoms. The third-order valence-electron chi connectivity index (χ3n) is 1.47. The molecule has 0 amide bonds. The zero-order valence-corrected chi connectivity index (χ0v) is 7.40. The SMILES string of the molecule is CNc1ccc(O)c(SC)c1. The number of thioether (sulfide) groups is 1. The van der Waals surface area contributed by atoms with E-state index in [1.807, 2.05) is 25.4 Å². The van der Waals surface area contributed by atoms with E-state index in [2.05, 4.69) is 5.32 Å². The molecule has 0 aliphatic carbocycles. The molecule has 60 valence electrons. The third-order valence-corrected chi connectivity index (χ3v) is 2.24. The third kappa shape index (κ3) is 1.80. The average Bonchev–Trinajstić information content (AvgIpc) is 2.05. The lowest BCUT2D eigenvalue weighted by Gasteiger charge is -2.03. The van der Waals surface area contributed by atoms with Crippen molar-refractivity contribution in [2.45, 2.75) is 4.90 Å². The van der Waals surface area contributed by atoms with Gasteiger partial charge in [0.15, 0.2) is 0 Å². The second kappa shape index (κ2) is 3.53. The Morgan fingerprint density at radius 2 is 2.18 bits per heavy atom. The van der Waals surface area contributed by atoms with Gasteiger partial charge in [0.2, 0.25) is 0 Å². The summed E-state index contributed by atoms with van der Waals surface area (Å²) in [5.41, 5.74) is 1.02. The van der Waals surface area contributed by atoms with Crippen LogP contribution in [0, 0.1) is 0 Å². The Kier molecular flexibility index (Phi) is 2.65. The van der Waals surface area contributed by atoms with Gasteiger partial charge in [-0.1, -0.05) is 0 Å². The summed E-state index contributed by atoms with van der Waals surface area (Å²) in [6.45, 7) is 0. The molecule has 0 saturated carbocycles. The van der Waals surface area contributed by atoms with Crippen molar-refractivity contribution in [3.8, 4) is 5.75 Å². The lowest BCUT2D eigenvalue weighted by atomic mass is 10.3. The second-order valence-electron chi connectivity index (χ2n) is 2.14. The van der Waals surface area contributed by atoms with E-state index in [0.29, 0.717) is 5.75 Å². The molecule has 0 bridgehead atoms. The normalized spacial score (nSPS) is 9.64. The highest BCUT2D eigenvalue weighted by molar-refractivity contribution is 7.98. The van der Waals surface area contributed by atoms with Gasteiger partial charge >= 0.3 is 0 Å². The van der Waals surface area contributed by atoms with Crippen molar-refractivity contribution in [3.63, 3.8) is 0 Å². The minimum atomic E-state index is 0.344. The molecule has 3 heteroatoms. The van der Waals surface area contributed by atoms with Crippen LogP contribution in [-0.2, 0) is 0 Å². The van der Waals surface area contributed by atoms with Crippen LogP contribution in [0.5, 0.6) is 5.75 Å². The van der Waals surface area contributed by atoms with Crippen molar-refractivity contribution < 1.29 is 5.11 Å². The molecule has 1 aromatic carbocycles. The standard InChI is InChI=1S/C8H11NOS/c1-9-6-3-4-7(10)8(5-6)11-2/h3-5,9-10H,1-2H3. The van der Waals surface area contributed by atoms with Crippen molar-refractivity contribution in [2.75, 3.05) is 18.6 Å². The highest BCUT2D eigenvalue weighted by Gasteiger charge is 1.98. The van der Waals surface area contributed by atoms with Crippen LogP contribution in [0.25, 0.3) is 0 Å². The molecule has 0 aliphatic heterocycles. The fourth-order valence-corrected chi connectivity index (χ4v) is 1.36. The van der Waals surface area contributed by atoms with E-state index in [1.54, 1.807) is 6.07 Å². The van der Waals surface area contributed by atoms with Crippen LogP contribution in [0.4, 0.5) is 5.69 Å². The summed E-state index contributed by atoms with van der Waals surface area (Å²) in [5, 5.41) is 12.3. The lowest BCUT2D eigenvalue weighted by molar-refractivity contribution is 0.462. The van der Waals surface area contributed by atoms with Crippen LogP contribution >= 0.6 is 11.8 Å². The van der Waals surface area contributed by atoms with Gasteiger partial charge in [-0.25, -0.2) is 0 Å². The molecule has 0 heterocycles. The van der Waals surface area contributed by atoms with Gasteiger partial charge in [-0.2, -0.15) is 0 Å². The second-order valence-corrected chi connectivity index (χ2v) is 2.98. The van der Waals surface area contributed by atoms with Crippen LogP contribution in [0.2, 0.25) is 0 Å². The van der Waals surface area contributed by atoms with Gasteiger partial charge < -0.3 is 10.4 Å². The molecule has 0 saturated heterocycles. The zero-order chi connectivity index (χ0) is 8.27. The van der Waals surface area contributed by atoms with E-state index < -0.39 is 0 Å². The smallest absolute Gasteiger partial charge is 0.129 e. The summed E-state index contributed by atoms with van der Waals surface area (Å²) in [7, 11) is 1.86. The fourth-order valence-electron chi connectivity index (χ4n) is 0.833. The Morgan fingerprint density at radius 3 is 2.73 bits per heavy atom. The first kappa shape index (κ1) is 8.27. The molecule has 0 unspecified atom stereocenters. The number of benzene rings is 1. The van der Waals surface area contributed by atoms with E-state index in [-0.39, 0.29) is 0 Å². The molecule has 2 N–H and O–H groups in total. The monoisotopic (exact) mass is 169 g/mol. The number of nitrogens with one attached hydrogen (secondary N) is 1. The van der Waals surface area contributed by atoms with Crippen LogP contribution < -0.4 is 5.32 Å². The van der Waals surface area contributed by atoms with Gasteiger partial charge in [0, 0.05) is 12.7 Å². The van der Waals surface area contributed by atoms with Gasteiger partial charge in [-0.05, 0) is 24.5 Å². The number of aromatic hydroxyl groups is 1. The number of anilines is 1. The summed E-state index contributed by atoms with van der Waals surface area (Å²) in [4.78, 5) is 0.900. The number of hydrogen-bond donors (Lipinski definition) is 2. The Morgan fingerprint density at radius 1 is 1.45 bits per heavy atom. The van der Waals surface area contributed by atoms with Gasteiger partial charge in [-0.15, -0.1) is 11.8 Å². The van der Waals surface area contributed by atoms with Crippen molar-refractivity contribution in [1.82, 2.24) is 0 Å². The summed E-state index contributed by atoms with van der Waals surface area (Å²) >= 11 is 1.53. The lowest BCUT2D eigenvalue weighted by Crippen LogP contribution is -1.87. The topological polar surface area (TPSA) is 32.3 Å². The van der Waals surface area contributed by atoms with Crippen LogP contribution in [0.1, 0.15) is 0 Å². The van der Waals surface area contributed by atoms with Crippen molar-refractivity contribution >= 4 is 17.4 Å². The maximum Gasteiger partial charge on any atom is 0.129 e. The Balaban J connectivity index is 3.02.